The minimum absolute atomic E-state index is 0.0790. The highest BCUT2D eigenvalue weighted by Crippen LogP contribution is 2.19. The fourth-order valence-corrected chi connectivity index (χ4v) is 3.34. The van der Waals surface area contributed by atoms with Crippen molar-refractivity contribution in [2.75, 3.05) is 18.2 Å². The van der Waals surface area contributed by atoms with Crippen LogP contribution in [0.25, 0.3) is 10.8 Å². The fourth-order valence-electron chi connectivity index (χ4n) is 2.38. The Morgan fingerprint density at radius 1 is 1.00 bits per heavy atom. The number of rotatable bonds is 5. The first-order chi connectivity index (χ1) is 11.7. The van der Waals surface area contributed by atoms with E-state index in [1.54, 1.807) is 37.4 Å². The maximum absolute atomic E-state index is 12.4. The summed E-state index contributed by atoms with van der Waals surface area (Å²) in [4.78, 5) is 12.7. The molecule has 1 atom stereocenters. The molecule has 0 fully saturated rings. The quantitative estimate of drug-likeness (QED) is 0.773. The average Bonchev–Trinajstić information content (AvgIpc) is 2.61. The van der Waals surface area contributed by atoms with Crippen molar-refractivity contribution in [3.05, 3.63) is 66.7 Å². The second kappa shape index (κ2) is 7.27. The summed E-state index contributed by atoms with van der Waals surface area (Å²) in [6.45, 7) is 0. The number of carbonyl (C=O) groups excluding carboxylic acids is 1. The second-order valence-electron chi connectivity index (χ2n) is 5.28. The van der Waals surface area contributed by atoms with Crippen molar-refractivity contribution in [3.63, 3.8) is 0 Å². The predicted octanol–water partition coefficient (Wildman–Crippen LogP) is 3.59. The standard InChI is InChI=1S/C19H17NO3S/c1-23-17-9-7-16(8-10-17)20-19(21)13-24(22)18-11-6-14-4-2-3-5-15(14)12-18/h2-12H,13H2,1H3,(H,20,21). The maximum Gasteiger partial charge on any atom is 0.237 e. The Kier molecular flexibility index (Phi) is 4.91. The van der Waals surface area contributed by atoms with E-state index in [4.69, 9.17) is 4.74 Å². The summed E-state index contributed by atoms with van der Waals surface area (Å²) >= 11 is 0. The number of benzene rings is 3. The molecule has 0 aliphatic rings. The summed E-state index contributed by atoms with van der Waals surface area (Å²) in [6.07, 6.45) is 0. The Labute approximate surface area is 142 Å². The Bertz CT molecular complexity index is 891. The number of carbonyl (C=O) groups is 1. The van der Waals surface area contributed by atoms with Gasteiger partial charge in [0.15, 0.2) is 0 Å². The lowest BCUT2D eigenvalue weighted by molar-refractivity contribution is -0.113. The van der Waals surface area contributed by atoms with Gasteiger partial charge in [-0.15, -0.1) is 0 Å². The first kappa shape index (κ1) is 16.2. The molecule has 0 saturated heterocycles. The zero-order valence-corrected chi connectivity index (χ0v) is 14.0. The van der Waals surface area contributed by atoms with Crippen LogP contribution >= 0.6 is 0 Å². The highest BCUT2D eigenvalue weighted by atomic mass is 32.2. The van der Waals surface area contributed by atoms with Crippen molar-refractivity contribution in [2.24, 2.45) is 0 Å². The molecule has 4 nitrogen and oxygen atoms in total. The molecule has 0 saturated carbocycles. The van der Waals surface area contributed by atoms with Crippen LogP contribution in [-0.2, 0) is 15.6 Å². The molecule has 5 heteroatoms. The third-order valence-corrected chi connectivity index (χ3v) is 4.92. The summed E-state index contributed by atoms with van der Waals surface area (Å²) < 4.78 is 17.5. The van der Waals surface area contributed by atoms with Gasteiger partial charge in [-0.05, 0) is 47.2 Å². The largest absolute Gasteiger partial charge is 0.497 e. The molecular formula is C19H17NO3S. The molecule has 1 unspecified atom stereocenters. The van der Waals surface area contributed by atoms with E-state index in [0.717, 1.165) is 10.8 Å². The zero-order chi connectivity index (χ0) is 16.9. The predicted molar refractivity (Wildman–Crippen MR) is 96.8 cm³/mol. The smallest absolute Gasteiger partial charge is 0.237 e. The molecule has 0 heterocycles. The number of fused-ring (bicyclic) bond motifs is 1. The number of methoxy groups -OCH3 is 1. The van der Waals surface area contributed by atoms with Gasteiger partial charge in [-0.25, -0.2) is 0 Å². The fraction of sp³-hybridized carbons (Fsp3) is 0.105. The molecule has 3 rings (SSSR count). The monoisotopic (exact) mass is 339 g/mol. The van der Waals surface area contributed by atoms with Gasteiger partial charge >= 0.3 is 0 Å². The minimum atomic E-state index is -1.39. The Morgan fingerprint density at radius 3 is 2.42 bits per heavy atom. The number of hydrogen-bond donors (Lipinski definition) is 1. The third kappa shape index (κ3) is 3.81. The van der Waals surface area contributed by atoms with E-state index in [-0.39, 0.29) is 11.7 Å². The number of nitrogens with one attached hydrogen (secondary N) is 1. The van der Waals surface area contributed by atoms with Gasteiger partial charge in [0.25, 0.3) is 0 Å². The first-order valence-electron chi connectivity index (χ1n) is 7.47. The second-order valence-corrected chi connectivity index (χ2v) is 6.73. The highest BCUT2D eigenvalue weighted by molar-refractivity contribution is 7.85. The normalized spacial score (nSPS) is 11.9. The van der Waals surface area contributed by atoms with Crippen LogP contribution in [-0.4, -0.2) is 23.0 Å². The van der Waals surface area contributed by atoms with Gasteiger partial charge < -0.3 is 10.1 Å². The molecule has 1 N–H and O–H groups in total. The van der Waals surface area contributed by atoms with Gasteiger partial charge in [-0.2, -0.15) is 0 Å². The van der Waals surface area contributed by atoms with Crippen LogP contribution < -0.4 is 10.1 Å². The lowest BCUT2D eigenvalue weighted by Crippen LogP contribution is -2.19. The molecule has 122 valence electrons. The molecule has 3 aromatic carbocycles. The Morgan fingerprint density at radius 2 is 1.71 bits per heavy atom. The van der Waals surface area contributed by atoms with Crippen molar-refractivity contribution in [3.8, 4) is 5.75 Å². The summed E-state index contributed by atoms with van der Waals surface area (Å²) in [7, 11) is 0.198. The minimum Gasteiger partial charge on any atom is -0.497 e. The van der Waals surface area contributed by atoms with Crippen molar-refractivity contribution in [1.82, 2.24) is 0 Å². The number of ether oxygens (including phenoxy) is 1. The van der Waals surface area contributed by atoms with E-state index in [1.165, 1.54) is 0 Å². The topological polar surface area (TPSA) is 55.4 Å². The first-order valence-corrected chi connectivity index (χ1v) is 8.79. The number of amides is 1. The van der Waals surface area contributed by atoms with Gasteiger partial charge in [-0.3, -0.25) is 9.00 Å². The lowest BCUT2D eigenvalue weighted by Gasteiger charge is -2.07. The zero-order valence-electron chi connectivity index (χ0n) is 13.2. The Hall–Kier alpha value is -2.66. The van der Waals surface area contributed by atoms with E-state index in [2.05, 4.69) is 5.32 Å². The average molecular weight is 339 g/mol. The molecule has 0 aliphatic carbocycles. The lowest BCUT2D eigenvalue weighted by atomic mass is 10.1. The van der Waals surface area contributed by atoms with E-state index in [0.29, 0.717) is 16.3 Å². The van der Waals surface area contributed by atoms with Crippen molar-refractivity contribution >= 4 is 33.2 Å². The molecule has 0 aromatic heterocycles. The van der Waals surface area contributed by atoms with E-state index in [9.17, 15) is 9.00 Å². The molecule has 0 spiro atoms. The Balaban J connectivity index is 1.67. The number of anilines is 1. The summed E-state index contributed by atoms with van der Waals surface area (Å²) in [5.74, 6) is 0.351. The molecule has 24 heavy (non-hydrogen) atoms. The third-order valence-electron chi connectivity index (χ3n) is 3.62. The molecule has 0 bridgehead atoms. The number of hydrogen-bond acceptors (Lipinski definition) is 3. The van der Waals surface area contributed by atoms with Crippen molar-refractivity contribution in [2.45, 2.75) is 4.90 Å². The van der Waals surface area contributed by atoms with Crippen LogP contribution in [0, 0.1) is 0 Å². The summed E-state index contributed by atoms with van der Waals surface area (Å²) in [5.41, 5.74) is 0.649. The van der Waals surface area contributed by atoms with Gasteiger partial charge in [0, 0.05) is 10.6 Å². The maximum atomic E-state index is 12.4. The van der Waals surface area contributed by atoms with Crippen LogP contribution in [0.15, 0.2) is 71.6 Å². The van der Waals surface area contributed by atoms with Crippen LogP contribution in [0.4, 0.5) is 5.69 Å². The van der Waals surface area contributed by atoms with Crippen LogP contribution in [0.2, 0.25) is 0 Å². The van der Waals surface area contributed by atoms with Gasteiger partial charge in [-0.1, -0.05) is 30.3 Å². The molecule has 0 radical (unpaired) electrons. The molecule has 0 aliphatic heterocycles. The molecular weight excluding hydrogens is 322 g/mol. The molecule has 3 aromatic rings. The van der Waals surface area contributed by atoms with Crippen LogP contribution in [0.1, 0.15) is 0 Å². The SMILES string of the molecule is COc1ccc(NC(=O)CS(=O)c2ccc3ccccc3c2)cc1. The molecule has 1 amide bonds. The van der Waals surface area contributed by atoms with Crippen molar-refractivity contribution < 1.29 is 13.7 Å². The van der Waals surface area contributed by atoms with E-state index in [1.807, 2.05) is 36.4 Å². The van der Waals surface area contributed by atoms with Crippen molar-refractivity contribution in [1.29, 1.82) is 0 Å². The van der Waals surface area contributed by atoms with Gasteiger partial charge in [0.05, 0.1) is 17.9 Å². The summed E-state index contributed by atoms with van der Waals surface area (Å²) in [5, 5.41) is 4.84. The van der Waals surface area contributed by atoms with E-state index < -0.39 is 10.8 Å². The highest BCUT2D eigenvalue weighted by Gasteiger charge is 2.11. The summed E-state index contributed by atoms with van der Waals surface area (Å²) in [6, 6.07) is 20.5. The van der Waals surface area contributed by atoms with E-state index >= 15 is 0 Å². The van der Waals surface area contributed by atoms with Crippen LogP contribution in [0.3, 0.4) is 0 Å². The van der Waals surface area contributed by atoms with Gasteiger partial charge in [0.1, 0.15) is 11.5 Å². The van der Waals surface area contributed by atoms with Crippen LogP contribution in [0.5, 0.6) is 5.75 Å². The van der Waals surface area contributed by atoms with Gasteiger partial charge in [0.2, 0.25) is 5.91 Å².